The number of thiazole rings is 1. The first-order chi connectivity index (χ1) is 19.4. The molecule has 1 amide bonds. The number of aromatic nitrogens is 1. The number of amides is 1. The largest absolute Gasteiger partial charge is 0.465 e. The van der Waals surface area contributed by atoms with E-state index in [1.165, 1.54) is 28.6 Å². The minimum atomic E-state index is -3.75. The summed E-state index contributed by atoms with van der Waals surface area (Å²) >= 11 is 1.14. The molecule has 0 atom stereocenters. The van der Waals surface area contributed by atoms with Gasteiger partial charge in [-0.2, -0.15) is 9.30 Å². The minimum Gasteiger partial charge on any atom is -0.465 e. The molecule has 1 heterocycles. The molecule has 0 unspecified atom stereocenters. The predicted octanol–water partition coefficient (Wildman–Crippen LogP) is 4.49. The molecule has 1 aromatic heterocycles. The van der Waals surface area contributed by atoms with E-state index < -0.39 is 27.9 Å². The van der Waals surface area contributed by atoms with Gasteiger partial charge in [0.05, 0.1) is 33.9 Å². The van der Waals surface area contributed by atoms with E-state index in [9.17, 15) is 22.8 Å². The fourth-order valence-electron chi connectivity index (χ4n) is 4.14. The lowest BCUT2D eigenvalue weighted by Gasteiger charge is -2.25. The lowest BCUT2D eigenvalue weighted by atomic mass is 10.2. The van der Waals surface area contributed by atoms with Crippen molar-refractivity contribution in [2.24, 2.45) is 16.8 Å². The predicted molar refractivity (Wildman–Crippen MR) is 157 cm³/mol. The molecule has 0 spiro atoms. The van der Waals surface area contributed by atoms with Crippen LogP contribution in [0.15, 0.2) is 52.4 Å². The average Bonchev–Trinajstić information content (AvgIpc) is 3.23. The second kappa shape index (κ2) is 14.0. The van der Waals surface area contributed by atoms with Crippen molar-refractivity contribution < 1.29 is 32.3 Å². The molecule has 0 saturated carbocycles. The Kier molecular flexibility index (Phi) is 11.0. The van der Waals surface area contributed by atoms with Crippen molar-refractivity contribution in [1.29, 1.82) is 0 Å². The zero-order chi connectivity index (χ0) is 30.3. The summed E-state index contributed by atoms with van der Waals surface area (Å²) in [5.74, 6) is -1.29. The van der Waals surface area contributed by atoms with E-state index in [1.54, 1.807) is 36.6 Å². The molecule has 12 heteroatoms. The van der Waals surface area contributed by atoms with Gasteiger partial charge in [-0.1, -0.05) is 39.0 Å². The summed E-state index contributed by atoms with van der Waals surface area (Å²) in [6.45, 7) is 12.3. The fraction of sp³-hybridized carbons (Fsp3) is 0.448. The van der Waals surface area contributed by atoms with E-state index in [4.69, 9.17) is 9.47 Å². The summed E-state index contributed by atoms with van der Waals surface area (Å²) in [4.78, 5) is 42.3. The maximum Gasteiger partial charge on any atom is 0.338 e. The van der Waals surface area contributed by atoms with Gasteiger partial charge < -0.3 is 14.0 Å². The Morgan fingerprint density at radius 2 is 1.49 bits per heavy atom. The van der Waals surface area contributed by atoms with Crippen molar-refractivity contribution in [2.75, 3.05) is 26.3 Å². The number of sulfonamides is 1. The lowest BCUT2D eigenvalue weighted by molar-refractivity contribution is -0.143. The van der Waals surface area contributed by atoms with Gasteiger partial charge in [0, 0.05) is 18.7 Å². The van der Waals surface area contributed by atoms with Gasteiger partial charge in [-0.05, 0) is 68.1 Å². The van der Waals surface area contributed by atoms with Gasteiger partial charge in [0.1, 0.15) is 6.54 Å². The van der Waals surface area contributed by atoms with Gasteiger partial charge in [-0.3, -0.25) is 9.59 Å². The first-order valence-electron chi connectivity index (χ1n) is 13.5. The molecule has 3 rings (SSSR count). The molecule has 3 aromatic rings. The van der Waals surface area contributed by atoms with E-state index in [-0.39, 0.29) is 46.9 Å². The van der Waals surface area contributed by atoms with Crippen LogP contribution in [0, 0.1) is 11.8 Å². The molecular weight excluding hydrogens is 566 g/mol. The monoisotopic (exact) mass is 603 g/mol. The Morgan fingerprint density at radius 3 is 2.05 bits per heavy atom. The Labute approximate surface area is 244 Å². The van der Waals surface area contributed by atoms with Crippen LogP contribution >= 0.6 is 11.3 Å². The molecule has 0 bridgehead atoms. The molecule has 0 fully saturated rings. The van der Waals surface area contributed by atoms with E-state index in [0.29, 0.717) is 28.9 Å². The Morgan fingerprint density at radius 1 is 0.902 bits per heavy atom. The summed E-state index contributed by atoms with van der Waals surface area (Å²) < 4.78 is 40.5. The molecule has 0 N–H and O–H groups in total. The highest BCUT2D eigenvalue weighted by Gasteiger charge is 2.26. The van der Waals surface area contributed by atoms with Crippen LogP contribution in [0.3, 0.4) is 0 Å². The lowest BCUT2D eigenvalue weighted by Crippen LogP contribution is -2.37. The standard InChI is InChI=1S/C29H37N3O7S2/c1-7-38-26(33)18-32-24-14-11-22(28(35)39-8-2)15-25(24)40-29(32)30-27(34)21-9-12-23(13-10-21)41(36,37)31(16-19(3)4)17-20(5)6/h9-15,19-20H,7-8,16-18H2,1-6H3. The molecular formula is C29H37N3O7S2. The topological polar surface area (TPSA) is 124 Å². The van der Waals surface area contributed by atoms with Gasteiger partial charge in [0.15, 0.2) is 4.80 Å². The Bertz CT molecular complexity index is 1560. The van der Waals surface area contributed by atoms with Gasteiger partial charge >= 0.3 is 11.9 Å². The highest BCUT2D eigenvalue weighted by molar-refractivity contribution is 7.89. The van der Waals surface area contributed by atoms with Gasteiger partial charge in [-0.25, -0.2) is 13.2 Å². The summed E-state index contributed by atoms with van der Waals surface area (Å²) in [5, 5.41) is 0. The highest BCUT2D eigenvalue weighted by Crippen LogP contribution is 2.22. The van der Waals surface area contributed by atoms with Crippen molar-refractivity contribution in [3.05, 3.63) is 58.4 Å². The first-order valence-corrected chi connectivity index (χ1v) is 15.8. The maximum atomic E-state index is 13.3. The molecule has 222 valence electrons. The van der Waals surface area contributed by atoms with E-state index in [1.807, 2.05) is 27.7 Å². The Balaban J connectivity index is 2.00. The number of fused-ring (bicyclic) bond motifs is 1. The summed E-state index contributed by atoms with van der Waals surface area (Å²) in [7, 11) is -3.75. The number of ether oxygens (including phenoxy) is 2. The molecule has 0 aliphatic carbocycles. The molecule has 10 nitrogen and oxygen atoms in total. The molecule has 0 saturated heterocycles. The summed E-state index contributed by atoms with van der Waals surface area (Å²) in [5.41, 5.74) is 1.12. The second-order valence-corrected chi connectivity index (χ2v) is 13.2. The average molecular weight is 604 g/mol. The fourth-order valence-corrected chi connectivity index (χ4v) is 6.98. The van der Waals surface area contributed by atoms with Crippen LogP contribution in [0.2, 0.25) is 0 Å². The maximum absolute atomic E-state index is 13.3. The third-order valence-electron chi connectivity index (χ3n) is 5.86. The van der Waals surface area contributed by atoms with Gasteiger partial charge in [0.2, 0.25) is 10.0 Å². The van der Waals surface area contributed by atoms with E-state index in [0.717, 1.165) is 11.3 Å². The molecule has 41 heavy (non-hydrogen) atoms. The van der Waals surface area contributed by atoms with Gasteiger partial charge in [-0.15, -0.1) is 0 Å². The van der Waals surface area contributed by atoms with E-state index >= 15 is 0 Å². The normalized spacial score (nSPS) is 12.5. The molecule has 0 aliphatic rings. The summed E-state index contributed by atoms with van der Waals surface area (Å²) in [6, 6.07) is 10.6. The van der Waals surface area contributed by atoms with Crippen LogP contribution in [0.4, 0.5) is 0 Å². The number of nitrogens with zero attached hydrogens (tertiary/aromatic N) is 3. The number of esters is 2. The molecule has 0 aliphatic heterocycles. The third-order valence-corrected chi connectivity index (χ3v) is 8.75. The van der Waals surface area contributed by atoms with Gasteiger partial charge in [0.25, 0.3) is 5.91 Å². The molecule has 2 aromatic carbocycles. The summed E-state index contributed by atoms with van der Waals surface area (Å²) in [6.07, 6.45) is 0. The van der Waals surface area contributed by atoms with Crippen LogP contribution in [0.25, 0.3) is 10.2 Å². The number of benzene rings is 2. The SMILES string of the molecule is CCOC(=O)Cn1c(=NC(=O)c2ccc(S(=O)(=O)N(CC(C)C)CC(C)C)cc2)sc2cc(C(=O)OCC)ccc21. The van der Waals surface area contributed by atoms with Crippen molar-refractivity contribution in [2.45, 2.75) is 53.0 Å². The first kappa shape index (κ1) is 32.2. The quantitative estimate of drug-likeness (QED) is 0.280. The highest BCUT2D eigenvalue weighted by atomic mass is 32.2. The van der Waals surface area contributed by atoms with Crippen LogP contribution in [-0.2, 0) is 30.8 Å². The van der Waals surface area contributed by atoms with Crippen LogP contribution in [0.5, 0.6) is 0 Å². The Hall–Kier alpha value is -3.35. The number of hydrogen-bond donors (Lipinski definition) is 0. The van der Waals surface area contributed by atoms with E-state index in [2.05, 4.69) is 4.99 Å². The van der Waals surface area contributed by atoms with Crippen LogP contribution in [0.1, 0.15) is 62.3 Å². The zero-order valence-electron chi connectivity index (χ0n) is 24.2. The van der Waals surface area contributed by atoms with Crippen molar-refractivity contribution >= 4 is 49.4 Å². The van der Waals surface area contributed by atoms with Crippen molar-refractivity contribution in [3.63, 3.8) is 0 Å². The minimum absolute atomic E-state index is 0.0982. The number of rotatable bonds is 12. The zero-order valence-corrected chi connectivity index (χ0v) is 25.9. The van der Waals surface area contributed by atoms with Crippen LogP contribution < -0.4 is 4.80 Å². The smallest absolute Gasteiger partial charge is 0.338 e. The van der Waals surface area contributed by atoms with Crippen molar-refractivity contribution in [1.82, 2.24) is 8.87 Å². The number of carbonyl (C=O) groups excluding carboxylic acids is 3. The molecule has 0 radical (unpaired) electrons. The third kappa shape index (κ3) is 8.11. The van der Waals surface area contributed by atoms with Crippen molar-refractivity contribution in [3.8, 4) is 0 Å². The van der Waals surface area contributed by atoms with Crippen LogP contribution in [-0.4, -0.2) is 61.4 Å². The second-order valence-electron chi connectivity index (χ2n) is 10.2. The number of hydrogen-bond acceptors (Lipinski definition) is 8. The number of carbonyl (C=O) groups is 3.